The predicted octanol–water partition coefficient (Wildman–Crippen LogP) is 1.70. The highest BCUT2D eigenvalue weighted by atomic mass is 32.2. The number of sulfonamides is 1. The first-order chi connectivity index (χ1) is 8.83. The molecule has 0 aromatic heterocycles. The zero-order valence-electron chi connectivity index (χ0n) is 10.0. The molecule has 0 amide bonds. The third-order valence-electron chi connectivity index (χ3n) is 2.33. The first kappa shape index (κ1) is 15.9. The molecular formula is C11H14F2N2O2S2. The standard InChI is InChI=1S/C11H14F2N2O2S2/c12-8-4-5-10(9(13)7-8)19(16,17)15-6-2-1-3-11(14)18/h4-5,7,15H,1-3,6H2,(H2,14,18). The molecule has 1 aromatic rings. The molecule has 0 aliphatic rings. The summed E-state index contributed by atoms with van der Waals surface area (Å²) in [6.07, 6.45) is 1.70. The minimum Gasteiger partial charge on any atom is -0.393 e. The highest BCUT2D eigenvalue weighted by Crippen LogP contribution is 2.15. The van der Waals surface area contributed by atoms with E-state index in [0.29, 0.717) is 30.3 Å². The van der Waals surface area contributed by atoms with Crippen molar-refractivity contribution in [3.05, 3.63) is 29.8 Å². The van der Waals surface area contributed by atoms with Crippen LogP contribution in [0.2, 0.25) is 0 Å². The van der Waals surface area contributed by atoms with Gasteiger partial charge in [-0.05, 0) is 31.4 Å². The number of nitrogens with one attached hydrogen (secondary N) is 1. The summed E-state index contributed by atoms with van der Waals surface area (Å²) in [5, 5.41) is 0. The normalized spacial score (nSPS) is 11.5. The summed E-state index contributed by atoms with van der Waals surface area (Å²) in [5.41, 5.74) is 5.29. The molecule has 0 spiro atoms. The molecule has 4 nitrogen and oxygen atoms in total. The zero-order chi connectivity index (χ0) is 14.5. The average Bonchev–Trinajstić information content (AvgIpc) is 2.27. The van der Waals surface area contributed by atoms with Gasteiger partial charge in [0.1, 0.15) is 16.5 Å². The van der Waals surface area contributed by atoms with Gasteiger partial charge in [-0.15, -0.1) is 0 Å². The van der Waals surface area contributed by atoms with Gasteiger partial charge in [0.2, 0.25) is 10.0 Å². The number of halogens is 2. The Hall–Kier alpha value is -1.12. The van der Waals surface area contributed by atoms with Crippen LogP contribution in [0.4, 0.5) is 8.78 Å². The topological polar surface area (TPSA) is 72.2 Å². The number of hydrogen-bond acceptors (Lipinski definition) is 3. The van der Waals surface area contributed by atoms with Gasteiger partial charge in [0.15, 0.2) is 0 Å². The van der Waals surface area contributed by atoms with E-state index in [1.165, 1.54) is 0 Å². The van der Waals surface area contributed by atoms with Crippen LogP contribution < -0.4 is 10.5 Å². The highest BCUT2D eigenvalue weighted by Gasteiger charge is 2.18. The lowest BCUT2D eigenvalue weighted by atomic mass is 10.2. The fraction of sp³-hybridized carbons (Fsp3) is 0.364. The molecule has 0 aliphatic heterocycles. The third-order valence-corrected chi connectivity index (χ3v) is 4.02. The van der Waals surface area contributed by atoms with E-state index in [0.717, 1.165) is 12.1 Å². The lowest BCUT2D eigenvalue weighted by molar-refractivity contribution is 0.542. The molecule has 1 rings (SSSR count). The van der Waals surface area contributed by atoms with Crippen LogP contribution in [-0.4, -0.2) is 20.0 Å². The summed E-state index contributed by atoms with van der Waals surface area (Å²) in [5.74, 6) is -1.94. The van der Waals surface area contributed by atoms with Gasteiger partial charge < -0.3 is 5.73 Å². The summed E-state index contributed by atoms with van der Waals surface area (Å²) in [6, 6.07) is 2.31. The SMILES string of the molecule is NC(=S)CCCCNS(=O)(=O)c1ccc(F)cc1F. The molecule has 0 heterocycles. The van der Waals surface area contributed by atoms with Crippen LogP contribution in [-0.2, 0) is 10.0 Å². The van der Waals surface area contributed by atoms with Gasteiger partial charge in [0, 0.05) is 12.6 Å². The van der Waals surface area contributed by atoms with Crippen molar-refractivity contribution in [1.29, 1.82) is 0 Å². The van der Waals surface area contributed by atoms with E-state index in [1.807, 2.05) is 0 Å². The summed E-state index contributed by atoms with van der Waals surface area (Å²) in [4.78, 5) is -0.198. The molecule has 19 heavy (non-hydrogen) atoms. The first-order valence-electron chi connectivity index (χ1n) is 5.56. The molecule has 3 N–H and O–H groups in total. The number of nitrogens with two attached hydrogens (primary N) is 1. The molecule has 0 saturated carbocycles. The van der Waals surface area contributed by atoms with E-state index in [9.17, 15) is 17.2 Å². The maximum atomic E-state index is 13.3. The summed E-state index contributed by atoms with van der Waals surface area (Å²) in [6.45, 7) is 0.141. The number of rotatable bonds is 7. The molecule has 0 unspecified atom stereocenters. The zero-order valence-corrected chi connectivity index (χ0v) is 11.7. The Morgan fingerprint density at radius 1 is 1.32 bits per heavy atom. The van der Waals surface area contributed by atoms with E-state index in [4.69, 9.17) is 5.73 Å². The number of thiocarbonyl (C=S) groups is 1. The molecular weight excluding hydrogens is 294 g/mol. The fourth-order valence-corrected chi connectivity index (χ4v) is 2.68. The number of hydrogen-bond donors (Lipinski definition) is 2. The van der Waals surface area contributed by atoms with Crippen LogP contribution in [0.1, 0.15) is 19.3 Å². The average molecular weight is 308 g/mol. The minimum atomic E-state index is -3.96. The van der Waals surface area contributed by atoms with Gasteiger partial charge in [-0.2, -0.15) is 0 Å². The summed E-state index contributed by atoms with van der Waals surface area (Å²) >= 11 is 4.68. The maximum Gasteiger partial charge on any atom is 0.243 e. The van der Waals surface area contributed by atoms with Gasteiger partial charge in [-0.3, -0.25) is 0 Å². The lowest BCUT2D eigenvalue weighted by Gasteiger charge is -2.07. The molecule has 0 aliphatic carbocycles. The van der Waals surface area contributed by atoms with Crippen LogP contribution in [0.15, 0.2) is 23.1 Å². The van der Waals surface area contributed by atoms with Gasteiger partial charge in [-0.1, -0.05) is 12.2 Å². The van der Waals surface area contributed by atoms with Crippen molar-refractivity contribution in [3.63, 3.8) is 0 Å². The van der Waals surface area contributed by atoms with E-state index in [2.05, 4.69) is 16.9 Å². The fourth-order valence-electron chi connectivity index (χ4n) is 1.40. The van der Waals surface area contributed by atoms with Crippen LogP contribution in [0.3, 0.4) is 0 Å². The van der Waals surface area contributed by atoms with Crippen molar-refractivity contribution in [2.24, 2.45) is 5.73 Å². The second kappa shape index (κ2) is 6.88. The van der Waals surface area contributed by atoms with E-state index in [-0.39, 0.29) is 6.54 Å². The maximum absolute atomic E-state index is 13.3. The van der Waals surface area contributed by atoms with Crippen molar-refractivity contribution >= 4 is 27.2 Å². The molecule has 0 radical (unpaired) electrons. The monoisotopic (exact) mass is 308 g/mol. The van der Waals surface area contributed by atoms with Crippen molar-refractivity contribution in [2.45, 2.75) is 24.2 Å². The molecule has 0 bridgehead atoms. The second-order valence-corrected chi connectivity index (χ2v) is 6.16. The summed E-state index contributed by atoms with van der Waals surface area (Å²) < 4.78 is 51.7. The third kappa shape index (κ3) is 5.17. The van der Waals surface area contributed by atoms with Gasteiger partial charge >= 0.3 is 0 Å². The molecule has 0 saturated heterocycles. The molecule has 106 valence electrons. The Balaban J connectivity index is 2.59. The predicted molar refractivity (Wildman–Crippen MR) is 72.2 cm³/mol. The van der Waals surface area contributed by atoms with Crippen molar-refractivity contribution in [2.75, 3.05) is 6.54 Å². The Bertz CT molecular complexity index is 562. The smallest absolute Gasteiger partial charge is 0.243 e. The largest absolute Gasteiger partial charge is 0.393 e. The van der Waals surface area contributed by atoms with Crippen molar-refractivity contribution in [3.8, 4) is 0 Å². The lowest BCUT2D eigenvalue weighted by Crippen LogP contribution is -2.26. The highest BCUT2D eigenvalue weighted by molar-refractivity contribution is 7.89. The van der Waals surface area contributed by atoms with E-state index >= 15 is 0 Å². The Kier molecular flexibility index (Phi) is 5.77. The molecule has 0 fully saturated rings. The quantitative estimate of drug-likeness (QED) is 0.594. The van der Waals surface area contributed by atoms with Crippen molar-refractivity contribution in [1.82, 2.24) is 4.72 Å². The van der Waals surface area contributed by atoms with Gasteiger partial charge in [0.05, 0.1) is 4.99 Å². The van der Waals surface area contributed by atoms with Crippen LogP contribution in [0, 0.1) is 11.6 Å². The molecule has 0 atom stereocenters. The minimum absolute atomic E-state index is 0.141. The van der Waals surface area contributed by atoms with Crippen LogP contribution >= 0.6 is 12.2 Å². The van der Waals surface area contributed by atoms with Crippen molar-refractivity contribution < 1.29 is 17.2 Å². The first-order valence-corrected chi connectivity index (χ1v) is 7.45. The van der Waals surface area contributed by atoms with Crippen LogP contribution in [0.25, 0.3) is 0 Å². The van der Waals surface area contributed by atoms with E-state index < -0.39 is 26.6 Å². The van der Waals surface area contributed by atoms with Gasteiger partial charge in [-0.25, -0.2) is 21.9 Å². The Labute approximate surface area is 116 Å². The molecule has 8 heteroatoms. The van der Waals surface area contributed by atoms with Crippen LogP contribution in [0.5, 0.6) is 0 Å². The van der Waals surface area contributed by atoms with E-state index in [1.54, 1.807) is 0 Å². The number of benzene rings is 1. The summed E-state index contributed by atoms with van der Waals surface area (Å²) in [7, 11) is -3.96. The Morgan fingerprint density at radius 3 is 2.58 bits per heavy atom. The Morgan fingerprint density at radius 2 is 2.00 bits per heavy atom. The second-order valence-electron chi connectivity index (χ2n) is 3.90. The number of unbranched alkanes of at least 4 members (excludes halogenated alkanes) is 1. The molecule has 1 aromatic carbocycles. The van der Waals surface area contributed by atoms with Gasteiger partial charge in [0.25, 0.3) is 0 Å².